The minimum atomic E-state index is -2.81. The molecule has 15 heavy (non-hydrogen) atoms. The van der Waals surface area contributed by atoms with Gasteiger partial charge in [0.25, 0.3) is 0 Å². The van der Waals surface area contributed by atoms with Gasteiger partial charge >= 0.3 is 6.61 Å². The van der Waals surface area contributed by atoms with Crippen molar-refractivity contribution in [2.45, 2.75) is 13.5 Å². The van der Waals surface area contributed by atoms with Crippen molar-refractivity contribution in [3.05, 3.63) is 28.4 Å². The molecule has 0 fully saturated rings. The fourth-order valence-electron chi connectivity index (χ4n) is 1.53. The van der Waals surface area contributed by atoms with Crippen molar-refractivity contribution in [3.8, 4) is 5.75 Å². The molecule has 1 heterocycles. The smallest absolute Gasteiger partial charge is 0.387 e. The van der Waals surface area contributed by atoms with Crippen LogP contribution in [0.15, 0.2) is 22.8 Å². The highest BCUT2D eigenvalue weighted by molar-refractivity contribution is 9.10. The van der Waals surface area contributed by atoms with Crippen molar-refractivity contribution in [1.29, 1.82) is 0 Å². The number of ether oxygens (including phenoxy) is 1. The summed E-state index contributed by atoms with van der Waals surface area (Å²) >= 11 is 3.36. The van der Waals surface area contributed by atoms with Gasteiger partial charge in [-0.05, 0) is 24.6 Å². The molecule has 0 spiro atoms. The zero-order valence-electron chi connectivity index (χ0n) is 7.85. The second-order valence-electron chi connectivity index (χ2n) is 3.15. The maximum atomic E-state index is 12.1. The quantitative estimate of drug-likeness (QED) is 0.885. The van der Waals surface area contributed by atoms with E-state index in [1.54, 1.807) is 12.3 Å². The predicted molar refractivity (Wildman–Crippen MR) is 57.4 cm³/mol. The molecule has 0 aliphatic heterocycles. The van der Waals surface area contributed by atoms with Crippen molar-refractivity contribution < 1.29 is 13.5 Å². The lowest BCUT2D eigenvalue weighted by Gasteiger charge is -2.06. The van der Waals surface area contributed by atoms with E-state index in [0.29, 0.717) is 5.52 Å². The maximum absolute atomic E-state index is 12.1. The molecule has 0 unspecified atom stereocenters. The third kappa shape index (κ3) is 1.84. The molecule has 0 atom stereocenters. The first-order valence-corrected chi connectivity index (χ1v) is 5.10. The average Bonchev–Trinajstić information content (AvgIpc) is 2.53. The van der Waals surface area contributed by atoms with Crippen LogP contribution in [-0.4, -0.2) is 11.6 Å². The molecular formula is C10H8BrF2NO. The highest BCUT2D eigenvalue weighted by atomic mass is 79.9. The molecule has 0 radical (unpaired) electrons. The first-order chi connectivity index (χ1) is 7.09. The van der Waals surface area contributed by atoms with Crippen LogP contribution in [0.4, 0.5) is 8.78 Å². The third-order valence-electron chi connectivity index (χ3n) is 2.16. The summed E-state index contributed by atoms with van der Waals surface area (Å²) in [6, 6.07) is 3.20. The van der Waals surface area contributed by atoms with Gasteiger partial charge in [-0.15, -0.1) is 0 Å². The van der Waals surface area contributed by atoms with E-state index >= 15 is 0 Å². The summed E-state index contributed by atoms with van der Waals surface area (Å²) in [6.45, 7) is -0.909. The van der Waals surface area contributed by atoms with Crippen LogP contribution in [-0.2, 0) is 0 Å². The van der Waals surface area contributed by atoms with Gasteiger partial charge in [-0.1, -0.05) is 15.9 Å². The summed E-state index contributed by atoms with van der Waals surface area (Å²) in [4.78, 5) is 2.91. The van der Waals surface area contributed by atoms with Gasteiger partial charge in [-0.3, -0.25) is 0 Å². The number of aryl methyl sites for hydroxylation is 1. The first kappa shape index (κ1) is 10.4. The van der Waals surface area contributed by atoms with Crippen molar-refractivity contribution >= 4 is 26.8 Å². The van der Waals surface area contributed by atoms with Gasteiger partial charge in [-0.2, -0.15) is 8.78 Å². The minimum Gasteiger partial charge on any atom is -0.433 e. The van der Waals surface area contributed by atoms with Gasteiger partial charge in [-0.25, -0.2) is 0 Å². The monoisotopic (exact) mass is 275 g/mol. The Morgan fingerprint density at radius 3 is 2.80 bits per heavy atom. The van der Waals surface area contributed by atoms with E-state index in [-0.39, 0.29) is 5.75 Å². The zero-order valence-corrected chi connectivity index (χ0v) is 9.44. The van der Waals surface area contributed by atoms with Crippen LogP contribution in [0, 0.1) is 6.92 Å². The average molecular weight is 276 g/mol. The number of fused-ring (bicyclic) bond motifs is 1. The molecule has 1 N–H and O–H groups in total. The number of rotatable bonds is 2. The van der Waals surface area contributed by atoms with Crippen LogP contribution >= 0.6 is 15.9 Å². The van der Waals surface area contributed by atoms with Gasteiger partial charge < -0.3 is 9.72 Å². The lowest BCUT2D eigenvalue weighted by atomic mass is 10.2. The lowest BCUT2D eigenvalue weighted by molar-refractivity contribution is -0.0489. The largest absolute Gasteiger partial charge is 0.433 e. The van der Waals surface area contributed by atoms with Gasteiger partial charge in [0, 0.05) is 16.1 Å². The maximum Gasteiger partial charge on any atom is 0.387 e. The Hall–Kier alpha value is -1.10. The standard InChI is InChI=1S/C10H8BrF2NO/c1-5-4-14-9-7(15-10(12)13)3-2-6(11)8(5)9/h2-4,10,14H,1H3. The van der Waals surface area contributed by atoms with E-state index in [2.05, 4.69) is 25.7 Å². The van der Waals surface area contributed by atoms with Crippen molar-refractivity contribution in [2.75, 3.05) is 0 Å². The molecule has 2 nitrogen and oxygen atoms in total. The van der Waals surface area contributed by atoms with Crippen LogP contribution < -0.4 is 4.74 Å². The van der Waals surface area contributed by atoms with E-state index in [9.17, 15) is 8.78 Å². The summed E-state index contributed by atoms with van der Waals surface area (Å²) in [5.41, 5.74) is 1.57. The second-order valence-corrected chi connectivity index (χ2v) is 4.00. The minimum absolute atomic E-state index is 0.163. The highest BCUT2D eigenvalue weighted by Crippen LogP contribution is 2.33. The molecular weight excluding hydrogens is 268 g/mol. The Morgan fingerprint density at radius 1 is 1.40 bits per heavy atom. The Kier molecular flexibility index (Phi) is 2.65. The van der Waals surface area contributed by atoms with Crippen LogP contribution in [0.1, 0.15) is 5.56 Å². The fourth-order valence-corrected chi connectivity index (χ4v) is 2.18. The van der Waals surface area contributed by atoms with Crippen molar-refractivity contribution in [1.82, 2.24) is 4.98 Å². The number of nitrogens with one attached hydrogen (secondary N) is 1. The van der Waals surface area contributed by atoms with Gasteiger partial charge in [0.15, 0.2) is 0 Å². The topological polar surface area (TPSA) is 25.0 Å². The number of H-pyrrole nitrogens is 1. The van der Waals surface area contributed by atoms with Gasteiger partial charge in [0.1, 0.15) is 5.75 Å². The van der Waals surface area contributed by atoms with Gasteiger partial charge in [0.05, 0.1) is 5.52 Å². The number of benzene rings is 1. The lowest BCUT2D eigenvalue weighted by Crippen LogP contribution is -2.02. The molecule has 5 heteroatoms. The zero-order chi connectivity index (χ0) is 11.0. The number of aromatic amines is 1. The summed E-state index contributed by atoms with van der Waals surface area (Å²) in [6.07, 6.45) is 1.76. The molecule has 1 aromatic carbocycles. The Bertz CT molecular complexity index is 495. The Morgan fingerprint density at radius 2 is 2.13 bits per heavy atom. The summed E-state index contributed by atoms with van der Waals surface area (Å²) in [5, 5.41) is 0.869. The highest BCUT2D eigenvalue weighted by Gasteiger charge is 2.12. The van der Waals surface area contributed by atoms with Crippen LogP contribution in [0.5, 0.6) is 5.75 Å². The number of aromatic nitrogens is 1. The van der Waals surface area contributed by atoms with E-state index in [1.165, 1.54) is 6.07 Å². The van der Waals surface area contributed by atoms with Crippen LogP contribution in [0.2, 0.25) is 0 Å². The summed E-state index contributed by atoms with van der Waals surface area (Å²) in [7, 11) is 0. The van der Waals surface area contributed by atoms with Crippen molar-refractivity contribution in [3.63, 3.8) is 0 Å². The van der Waals surface area contributed by atoms with Crippen molar-refractivity contribution in [2.24, 2.45) is 0 Å². The number of hydrogen-bond donors (Lipinski definition) is 1. The van der Waals surface area contributed by atoms with Crippen LogP contribution in [0.3, 0.4) is 0 Å². The van der Waals surface area contributed by atoms with E-state index < -0.39 is 6.61 Å². The Balaban J connectivity index is 2.62. The van der Waals surface area contributed by atoms with E-state index in [1.807, 2.05) is 6.92 Å². The summed E-state index contributed by atoms with van der Waals surface area (Å²) in [5.74, 6) is 0.163. The molecule has 0 aliphatic carbocycles. The van der Waals surface area contributed by atoms with E-state index in [4.69, 9.17) is 0 Å². The van der Waals surface area contributed by atoms with E-state index in [0.717, 1.165) is 15.4 Å². The molecule has 0 aliphatic rings. The van der Waals surface area contributed by atoms with Crippen LogP contribution in [0.25, 0.3) is 10.9 Å². The first-order valence-electron chi connectivity index (χ1n) is 4.30. The number of alkyl halides is 2. The molecule has 2 rings (SSSR count). The second kappa shape index (κ2) is 3.81. The number of halogens is 3. The molecule has 2 aromatic rings. The third-order valence-corrected chi connectivity index (χ3v) is 2.82. The number of hydrogen-bond acceptors (Lipinski definition) is 1. The summed E-state index contributed by atoms with van der Waals surface area (Å²) < 4.78 is 29.5. The Labute approximate surface area is 93.4 Å². The van der Waals surface area contributed by atoms with Gasteiger partial charge in [0.2, 0.25) is 0 Å². The predicted octanol–water partition coefficient (Wildman–Crippen LogP) is 3.84. The molecule has 80 valence electrons. The fraction of sp³-hybridized carbons (Fsp3) is 0.200. The SMILES string of the molecule is Cc1c[nH]c2c(OC(F)F)ccc(Br)c12. The molecule has 1 aromatic heterocycles. The molecule has 0 saturated carbocycles. The molecule has 0 amide bonds. The molecule has 0 saturated heterocycles. The molecule has 0 bridgehead atoms. The normalized spacial score (nSPS) is 11.3.